The highest BCUT2D eigenvalue weighted by atomic mass is 14.9. The van der Waals surface area contributed by atoms with E-state index in [2.05, 4.69) is 39.9 Å². The maximum Gasteiger partial charge on any atom is -0.00182 e. The van der Waals surface area contributed by atoms with Gasteiger partial charge in [-0.15, -0.1) is 0 Å². The third kappa shape index (κ3) is 8.92. The Balaban J connectivity index is 3.24. The summed E-state index contributed by atoms with van der Waals surface area (Å²) in [7, 11) is 0. The van der Waals surface area contributed by atoms with Gasteiger partial charge in [0.15, 0.2) is 0 Å². The second-order valence-corrected chi connectivity index (χ2v) is 5.89. The van der Waals surface area contributed by atoms with Gasteiger partial charge in [0.1, 0.15) is 0 Å². The molecule has 0 amide bonds. The van der Waals surface area contributed by atoms with E-state index in [9.17, 15) is 0 Å². The first-order valence-electron chi connectivity index (χ1n) is 6.69. The molecule has 92 valence electrons. The van der Waals surface area contributed by atoms with Crippen LogP contribution in [0.5, 0.6) is 0 Å². The number of hydrogen-bond donors (Lipinski definition) is 1. The molecule has 0 aromatic rings. The molecule has 0 aliphatic rings. The van der Waals surface area contributed by atoms with Crippen molar-refractivity contribution in [3.8, 4) is 0 Å². The highest BCUT2D eigenvalue weighted by Crippen LogP contribution is 2.24. The molecule has 0 heterocycles. The summed E-state index contributed by atoms with van der Waals surface area (Å²) in [6.45, 7) is 13.9. The van der Waals surface area contributed by atoms with Gasteiger partial charge in [0, 0.05) is 0 Å². The number of unbranched alkanes of at least 4 members (excludes halogenated alkanes) is 4. The van der Waals surface area contributed by atoms with Crippen molar-refractivity contribution in [3.63, 3.8) is 0 Å². The monoisotopic (exact) mass is 213 g/mol. The maximum absolute atomic E-state index is 3.57. The molecule has 0 saturated carbocycles. The van der Waals surface area contributed by atoms with Crippen LogP contribution in [0.25, 0.3) is 0 Å². The lowest BCUT2D eigenvalue weighted by Gasteiger charge is -2.27. The minimum atomic E-state index is 0.440. The van der Waals surface area contributed by atoms with Gasteiger partial charge in [0.25, 0.3) is 0 Å². The molecule has 0 rings (SSSR count). The number of nitrogens with one attached hydrogen (secondary N) is 1. The van der Waals surface area contributed by atoms with Crippen molar-refractivity contribution >= 4 is 0 Å². The lowest BCUT2D eigenvalue weighted by atomic mass is 9.82. The van der Waals surface area contributed by atoms with Crippen LogP contribution in [0, 0.1) is 11.3 Å². The quantitative estimate of drug-likeness (QED) is 0.595. The van der Waals surface area contributed by atoms with E-state index in [-0.39, 0.29) is 0 Å². The summed E-state index contributed by atoms with van der Waals surface area (Å²) in [6.07, 6.45) is 6.89. The van der Waals surface area contributed by atoms with Crippen molar-refractivity contribution in [2.24, 2.45) is 11.3 Å². The summed E-state index contributed by atoms with van der Waals surface area (Å²) in [6, 6.07) is 0. The van der Waals surface area contributed by atoms with E-state index in [0.29, 0.717) is 5.41 Å². The molecule has 0 aliphatic carbocycles. The van der Waals surface area contributed by atoms with Gasteiger partial charge in [0.2, 0.25) is 0 Å². The molecule has 1 heteroatoms. The van der Waals surface area contributed by atoms with E-state index >= 15 is 0 Å². The Bertz CT molecular complexity index is 135. The average Bonchev–Trinajstić information content (AvgIpc) is 2.14. The van der Waals surface area contributed by atoms with Crippen molar-refractivity contribution in [1.82, 2.24) is 5.32 Å². The summed E-state index contributed by atoms with van der Waals surface area (Å²) >= 11 is 0. The van der Waals surface area contributed by atoms with Crippen molar-refractivity contribution < 1.29 is 0 Å². The maximum atomic E-state index is 3.57. The number of hydrogen-bond acceptors (Lipinski definition) is 1. The Labute approximate surface area is 97.0 Å². The molecular weight excluding hydrogens is 182 g/mol. The Morgan fingerprint density at radius 2 is 1.60 bits per heavy atom. The van der Waals surface area contributed by atoms with Crippen LogP contribution in [0.4, 0.5) is 0 Å². The predicted octanol–water partition coefficient (Wildman–Crippen LogP) is 4.23. The zero-order chi connectivity index (χ0) is 11.7. The molecule has 0 aliphatic heterocycles. The van der Waals surface area contributed by atoms with Crippen LogP contribution >= 0.6 is 0 Å². The first-order chi connectivity index (χ1) is 6.98. The molecule has 0 fully saturated rings. The van der Waals surface area contributed by atoms with Crippen molar-refractivity contribution in [3.05, 3.63) is 0 Å². The molecular formula is C14H31N. The molecule has 0 aromatic heterocycles. The molecule has 0 saturated heterocycles. The molecule has 15 heavy (non-hydrogen) atoms. The fourth-order valence-electron chi connectivity index (χ4n) is 1.48. The zero-order valence-electron chi connectivity index (χ0n) is 11.5. The molecule has 0 aromatic carbocycles. The van der Waals surface area contributed by atoms with Crippen molar-refractivity contribution in [2.75, 3.05) is 13.1 Å². The topological polar surface area (TPSA) is 12.0 Å². The first kappa shape index (κ1) is 15.0. The SMILES string of the molecule is CCCCCCCNCC(C)C(C)(C)C. The lowest BCUT2D eigenvalue weighted by molar-refractivity contribution is 0.253. The van der Waals surface area contributed by atoms with Crippen LogP contribution in [0.1, 0.15) is 66.7 Å². The summed E-state index contributed by atoms with van der Waals surface area (Å²) in [5.41, 5.74) is 0.440. The normalized spacial score (nSPS) is 14.2. The van der Waals surface area contributed by atoms with Gasteiger partial charge < -0.3 is 5.32 Å². The molecule has 0 bridgehead atoms. The predicted molar refractivity (Wildman–Crippen MR) is 70.2 cm³/mol. The van der Waals surface area contributed by atoms with Crippen LogP contribution in [-0.2, 0) is 0 Å². The standard InChI is InChI=1S/C14H31N/c1-6-7-8-9-10-11-15-12-13(2)14(3,4)5/h13,15H,6-12H2,1-5H3. The van der Waals surface area contributed by atoms with Gasteiger partial charge in [-0.05, 0) is 30.8 Å². The molecule has 1 N–H and O–H groups in total. The average molecular weight is 213 g/mol. The fraction of sp³-hybridized carbons (Fsp3) is 1.00. The van der Waals surface area contributed by atoms with E-state index in [1.165, 1.54) is 38.6 Å². The van der Waals surface area contributed by atoms with Gasteiger partial charge in [0.05, 0.1) is 0 Å². The molecule has 1 unspecified atom stereocenters. The highest BCUT2D eigenvalue weighted by Gasteiger charge is 2.18. The van der Waals surface area contributed by atoms with Crippen LogP contribution in [0.2, 0.25) is 0 Å². The van der Waals surface area contributed by atoms with Gasteiger partial charge in [-0.3, -0.25) is 0 Å². The van der Waals surface area contributed by atoms with Crippen LogP contribution in [0.3, 0.4) is 0 Å². The summed E-state index contributed by atoms with van der Waals surface area (Å²) < 4.78 is 0. The minimum absolute atomic E-state index is 0.440. The second kappa shape index (κ2) is 8.15. The smallest absolute Gasteiger partial charge is 0.00182 e. The summed E-state index contributed by atoms with van der Waals surface area (Å²) in [4.78, 5) is 0. The third-order valence-electron chi connectivity index (χ3n) is 3.39. The van der Waals surface area contributed by atoms with Gasteiger partial charge in [-0.25, -0.2) is 0 Å². The van der Waals surface area contributed by atoms with E-state index in [4.69, 9.17) is 0 Å². The molecule has 0 spiro atoms. The van der Waals surface area contributed by atoms with Gasteiger partial charge in [-0.1, -0.05) is 60.3 Å². The van der Waals surface area contributed by atoms with Crippen LogP contribution in [0.15, 0.2) is 0 Å². The Hall–Kier alpha value is -0.0400. The third-order valence-corrected chi connectivity index (χ3v) is 3.39. The second-order valence-electron chi connectivity index (χ2n) is 5.89. The van der Waals surface area contributed by atoms with Crippen molar-refractivity contribution in [1.29, 1.82) is 0 Å². The number of rotatable bonds is 8. The zero-order valence-corrected chi connectivity index (χ0v) is 11.5. The van der Waals surface area contributed by atoms with Crippen LogP contribution < -0.4 is 5.32 Å². The molecule has 1 atom stereocenters. The van der Waals surface area contributed by atoms with Crippen molar-refractivity contribution in [2.45, 2.75) is 66.7 Å². The Morgan fingerprint density at radius 3 is 2.13 bits per heavy atom. The van der Waals surface area contributed by atoms with E-state index < -0.39 is 0 Å². The molecule has 1 nitrogen and oxygen atoms in total. The molecule has 0 radical (unpaired) electrons. The van der Waals surface area contributed by atoms with Gasteiger partial charge in [-0.2, -0.15) is 0 Å². The summed E-state index contributed by atoms with van der Waals surface area (Å²) in [5, 5.41) is 3.57. The van der Waals surface area contributed by atoms with E-state index in [1.807, 2.05) is 0 Å². The Morgan fingerprint density at radius 1 is 1.00 bits per heavy atom. The van der Waals surface area contributed by atoms with E-state index in [0.717, 1.165) is 12.5 Å². The van der Waals surface area contributed by atoms with Gasteiger partial charge >= 0.3 is 0 Å². The largest absolute Gasteiger partial charge is 0.316 e. The van der Waals surface area contributed by atoms with E-state index in [1.54, 1.807) is 0 Å². The first-order valence-corrected chi connectivity index (χ1v) is 6.69. The lowest BCUT2D eigenvalue weighted by Crippen LogP contribution is -2.30. The highest BCUT2D eigenvalue weighted by molar-refractivity contribution is 4.71. The van der Waals surface area contributed by atoms with Crippen LogP contribution in [-0.4, -0.2) is 13.1 Å². The Kier molecular flexibility index (Phi) is 8.13. The summed E-state index contributed by atoms with van der Waals surface area (Å²) in [5.74, 6) is 0.758. The fourth-order valence-corrected chi connectivity index (χ4v) is 1.48. The minimum Gasteiger partial charge on any atom is -0.316 e.